The van der Waals surface area contributed by atoms with Crippen molar-refractivity contribution < 1.29 is 4.79 Å². The van der Waals surface area contributed by atoms with Crippen molar-refractivity contribution in [3.63, 3.8) is 0 Å². The second-order valence-corrected chi connectivity index (χ2v) is 7.15. The number of aryl methyl sites for hydroxylation is 2. The van der Waals surface area contributed by atoms with Crippen molar-refractivity contribution in [2.75, 3.05) is 5.32 Å². The van der Waals surface area contributed by atoms with Crippen molar-refractivity contribution in [3.05, 3.63) is 66.0 Å². The minimum Gasteiger partial charge on any atom is -0.338 e. The molecule has 0 aliphatic heterocycles. The lowest BCUT2D eigenvalue weighted by Gasteiger charge is -2.14. The highest BCUT2D eigenvalue weighted by Crippen LogP contribution is 2.22. The van der Waals surface area contributed by atoms with Gasteiger partial charge in [0, 0.05) is 23.4 Å². The van der Waals surface area contributed by atoms with Crippen LogP contribution in [-0.4, -0.2) is 25.7 Å². The number of aromatic amines is 1. The molecule has 0 aliphatic carbocycles. The Hall–Kier alpha value is -3.41. The van der Waals surface area contributed by atoms with Gasteiger partial charge in [0.1, 0.15) is 5.82 Å². The van der Waals surface area contributed by atoms with E-state index < -0.39 is 0 Å². The molecule has 0 spiro atoms. The first kappa shape index (κ1) is 18.0. The van der Waals surface area contributed by atoms with Gasteiger partial charge in [-0.1, -0.05) is 12.1 Å². The van der Waals surface area contributed by atoms with Gasteiger partial charge in [0.05, 0.1) is 22.8 Å². The summed E-state index contributed by atoms with van der Waals surface area (Å²) in [6.07, 6.45) is 0.368. The summed E-state index contributed by atoms with van der Waals surface area (Å²) >= 11 is 0. The molecule has 1 amide bonds. The monoisotopic (exact) mass is 373 g/mol. The van der Waals surface area contributed by atoms with Crippen LogP contribution in [0.3, 0.4) is 0 Å². The number of para-hydroxylation sites is 2. The fourth-order valence-corrected chi connectivity index (χ4v) is 3.46. The number of fused-ring (bicyclic) bond motifs is 1. The first-order chi connectivity index (χ1) is 13.5. The maximum Gasteiger partial charge on any atom is 0.226 e. The van der Waals surface area contributed by atoms with Gasteiger partial charge in [-0.3, -0.25) is 9.48 Å². The molecular weight excluding hydrogens is 350 g/mol. The van der Waals surface area contributed by atoms with Crippen molar-refractivity contribution in [2.45, 2.75) is 33.2 Å². The summed E-state index contributed by atoms with van der Waals surface area (Å²) in [4.78, 5) is 20.3. The molecule has 0 fully saturated rings. The molecule has 28 heavy (non-hydrogen) atoms. The highest BCUT2D eigenvalue weighted by molar-refractivity contribution is 5.91. The summed E-state index contributed by atoms with van der Waals surface area (Å²) in [5.41, 5.74) is 5.72. The average molecular weight is 373 g/mol. The Balaban J connectivity index is 1.42. The maximum absolute atomic E-state index is 12.4. The summed E-state index contributed by atoms with van der Waals surface area (Å²) in [5.74, 6) is 0.786. The van der Waals surface area contributed by atoms with Gasteiger partial charge >= 0.3 is 0 Å². The van der Waals surface area contributed by atoms with Crippen molar-refractivity contribution in [1.29, 1.82) is 0 Å². The first-order valence-electron chi connectivity index (χ1n) is 9.37. The zero-order chi connectivity index (χ0) is 19.7. The highest BCUT2D eigenvalue weighted by atomic mass is 16.1. The molecule has 0 aliphatic rings. The van der Waals surface area contributed by atoms with E-state index in [9.17, 15) is 4.79 Å². The van der Waals surface area contributed by atoms with Gasteiger partial charge in [-0.15, -0.1) is 0 Å². The lowest BCUT2D eigenvalue weighted by molar-refractivity contribution is -0.116. The predicted molar refractivity (Wildman–Crippen MR) is 111 cm³/mol. The quantitative estimate of drug-likeness (QED) is 0.535. The molecule has 0 saturated heterocycles. The maximum atomic E-state index is 12.4. The van der Waals surface area contributed by atoms with Crippen LogP contribution < -0.4 is 5.32 Å². The number of carbonyl (C=O) groups excluding carboxylic acids is 1. The number of nitrogens with one attached hydrogen (secondary N) is 2. The molecule has 1 atom stereocenters. The number of H-pyrrole nitrogens is 1. The van der Waals surface area contributed by atoms with Crippen molar-refractivity contribution in [2.24, 2.45) is 0 Å². The Morgan fingerprint density at radius 2 is 1.89 bits per heavy atom. The largest absolute Gasteiger partial charge is 0.338 e. The van der Waals surface area contributed by atoms with Crippen LogP contribution in [-0.2, 0) is 4.79 Å². The zero-order valence-corrected chi connectivity index (χ0v) is 16.2. The summed E-state index contributed by atoms with van der Waals surface area (Å²) < 4.78 is 1.90. The fraction of sp³-hybridized carbons (Fsp3) is 0.227. The standard InChI is InChI=1S/C22H23N5O/c1-14-12-15(2)27(26-14)16(3)13-21(28)23-18-10-8-17(9-11-18)22-24-19-6-4-5-7-20(19)25-22/h4-12,16H,13H2,1-3H3,(H,23,28)(H,24,25)/t16-/m1/s1. The number of aromatic nitrogens is 4. The average Bonchev–Trinajstić information content (AvgIpc) is 3.24. The summed E-state index contributed by atoms with van der Waals surface area (Å²) in [6.45, 7) is 5.97. The van der Waals surface area contributed by atoms with Gasteiger partial charge < -0.3 is 10.3 Å². The first-order valence-corrected chi connectivity index (χ1v) is 9.37. The van der Waals surface area contributed by atoms with E-state index in [1.54, 1.807) is 0 Å². The Kier molecular flexibility index (Phi) is 4.69. The van der Waals surface area contributed by atoms with Crippen molar-refractivity contribution in [3.8, 4) is 11.4 Å². The van der Waals surface area contributed by atoms with Gasteiger partial charge in [-0.2, -0.15) is 5.10 Å². The molecule has 0 radical (unpaired) electrons. The van der Waals surface area contributed by atoms with E-state index in [4.69, 9.17) is 0 Å². The van der Waals surface area contributed by atoms with E-state index in [-0.39, 0.29) is 11.9 Å². The molecule has 2 N–H and O–H groups in total. The number of amides is 1. The molecule has 142 valence electrons. The number of benzene rings is 2. The van der Waals surface area contributed by atoms with Crippen LogP contribution in [0.5, 0.6) is 0 Å². The molecule has 4 rings (SSSR count). The van der Waals surface area contributed by atoms with Crippen molar-refractivity contribution >= 4 is 22.6 Å². The Morgan fingerprint density at radius 3 is 2.57 bits per heavy atom. The third-order valence-electron chi connectivity index (χ3n) is 4.77. The normalized spacial score (nSPS) is 12.2. The molecule has 2 heterocycles. The number of imidazole rings is 1. The molecule has 0 saturated carbocycles. The van der Waals surface area contributed by atoms with Crippen LogP contribution in [0, 0.1) is 13.8 Å². The predicted octanol–water partition coefficient (Wildman–Crippen LogP) is 4.63. The van der Waals surface area contributed by atoms with Crippen molar-refractivity contribution in [1.82, 2.24) is 19.7 Å². The summed E-state index contributed by atoms with van der Waals surface area (Å²) in [6, 6.07) is 17.7. The Bertz CT molecular complexity index is 1090. The number of nitrogens with zero attached hydrogens (tertiary/aromatic N) is 3. The van der Waals surface area contributed by atoms with E-state index in [0.717, 1.165) is 39.5 Å². The van der Waals surface area contributed by atoms with Crippen LogP contribution >= 0.6 is 0 Å². The van der Waals surface area contributed by atoms with E-state index >= 15 is 0 Å². The lowest BCUT2D eigenvalue weighted by atomic mass is 10.2. The smallest absolute Gasteiger partial charge is 0.226 e. The van der Waals surface area contributed by atoms with E-state index in [2.05, 4.69) is 20.4 Å². The highest BCUT2D eigenvalue weighted by Gasteiger charge is 2.14. The second kappa shape index (κ2) is 7.31. The number of hydrogen-bond acceptors (Lipinski definition) is 3. The van der Waals surface area contributed by atoms with E-state index in [1.165, 1.54) is 0 Å². The molecular formula is C22H23N5O. The van der Waals surface area contributed by atoms with Crippen LogP contribution in [0.4, 0.5) is 5.69 Å². The molecule has 4 aromatic rings. The van der Waals surface area contributed by atoms with Crippen LogP contribution in [0.15, 0.2) is 54.6 Å². The molecule has 0 bridgehead atoms. The Labute approximate surface area is 163 Å². The molecule has 2 aromatic heterocycles. The van der Waals surface area contributed by atoms with Gasteiger partial charge in [0.2, 0.25) is 5.91 Å². The minimum absolute atomic E-state index is 0.00326. The lowest BCUT2D eigenvalue weighted by Crippen LogP contribution is -2.19. The van der Waals surface area contributed by atoms with Gasteiger partial charge in [0.25, 0.3) is 0 Å². The number of anilines is 1. The molecule has 6 heteroatoms. The van der Waals surface area contributed by atoms with Gasteiger partial charge in [-0.25, -0.2) is 4.98 Å². The van der Waals surface area contributed by atoms with Crippen LogP contribution in [0.1, 0.15) is 30.8 Å². The number of hydrogen-bond donors (Lipinski definition) is 2. The Morgan fingerprint density at radius 1 is 1.14 bits per heavy atom. The van der Waals surface area contributed by atoms with Gasteiger partial charge in [0.15, 0.2) is 0 Å². The third-order valence-corrected chi connectivity index (χ3v) is 4.77. The minimum atomic E-state index is -0.0310. The third kappa shape index (κ3) is 3.67. The molecule has 0 unspecified atom stereocenters. The second-order valence-electron chi connectivity index (χ2n) is 7.15. The fourth-order valence-electron chi connectivity index (χ4n) is 3.46. The van der Waals surface area contributed by atoms with E-state index in [1.807, 2.05) is 80.1 Å². The van der Waals surface area contributed by atoms with E-state index in [0.29, 0.717) is 6.42 Å². The van der Waals surface area contributed by atoms with Crippen LogP contribution in [0.2, 0.25) is 0 Å². The number of carbonyl (C=O) groups is 1. The molecule has 6 nitrogen and oxygen atoms in total. The summed E-state index contributed by atoms with van der Waals surface area (Å²) in [7, 11) is 0. The SMILES string of the molecule is Cc1cc(C)n([C@H](C)CC(=O)Nc2ccc(-c3nc4ccccc4[nH]3)cc2)n1. The summed E-state index contributed by atoms with van der Waals surface area (Å²) in [5, 5.41) is 7.42. The van der Waals surface area contributed by atoms with Gasteiger partial charge in [-0.05, 0) is 63.2 Å². The topological polar surface area (TPSA) is 75.6 Å². The molecule has 2 aromatic carbocycles. The van der Waals surface area contributed by atoms with Crippen LogP contribution in [0.25, 0.3) is 22.4 Å². The number of rotatable bonds is 5. The zero-order valence-electron chi connectivity index (χ0n) is 16.2.